The van der Waals surface area contributed by atoms with Crippen molar-refractivity contribution in [3.8, 4) is 0 Å². The first-order valence-corrected chi connectivity index (χ1v) is 9.84. The molecule has 7 nitrogen and oxygen atoms in total. The number of aliphatic imine (C=N–C) groups is 1. The van der Waals surface area contributed by atoms with Crippen molar-refractivity contribution in [1.29, 1.82) is 0 Å². The number of fused-ring (bicyclic) bond motifs is 2. The summed E-state index contributed by atoms with van der Waals surface area (Å²) < 4.78 is 2.09. The fourth-order valence-electron chi connectivity index (χ4n) is 4.26. The Balaban J connectivity index is 0.00000243. The van der Waals surface area contributed by atoms with Gasteiger partial charge in [0.25, 0.3) is 0 Å². The Kier molecular flexibility index (Phi) is 8.59. The van der Waals surface area contributed by atoms with E-state index in [4.69, 9.17) is 4.99 Å². The average Bonchev–Trinajstić information content (AvgIpc) is 3.03. The molecule has 0 spiro atoms. The molecule has 2 fully saturated rings. The van der Waals surface area contributed by atoms with Crippen LogP contribution in [0, 0.1) is 0 Å². The highest BCUT2D eigenvalue weighted by molar-refractivity contribution is 14.0. The maximum atomic E-state index is 4.78. The molecule has 8 heteroatoms. The molecule has 0 radical (unpaired) electrons. The molecule has 0 saturated carbocycles. The summed E-state index contributed by atoms with van der Waals surface area (Å²) in [5.74, 6) is 1.97. The zero-order valence-corrected chi connectivity index (χ0v) is 18.6. The molecule has 1 aromatic rings. The highest BCUT2D eigenvalue weighted by atomic mass is 127. The van der Waals surface area contributed by atoms with Gasteiger partial charge in [0.1, 0.15) is 12.2 Å². The van der Waals surface area contributed by atoms with Crippen LogP contribution in [-0.4, -0.2) is 63.9 Å². The number of piperidine rings is 2. The van der Waals surface area contributed by atoms with E-state index >= 15 is 0 Å². The van der Waals surface area contributed by atoms with E-state index in [1.807, 2.05) is 0 Å². The van der Waals surface area contributed by atoms with E-state index in [0.717, 1.165) is 49.9 Å². The molecule has 2 unspecified atom stereocenters. The van der Waals surface area contributed by atoms with Gasteiger partial charge in [-0.25, -0.2) is 0 Å². The van der Waals surface area contributed by atoms with Crippen LogP contribution in [0.5, 0.6) is 0 Å². The second kappa shape index (κ2) is 10.4. The number of aryl methyl sites for hydroxylation is 1. The average molecular weight is 475 g/mol. The van der Waals surface area contributed by atoms with Crippen LogP contribution in [0.3, 0.4) is 0 Å². The molecule has 2 aliphatic heterocycles. The van der Waals surface area contributed by atoms with Gasteiger partial charge in [0, 0.05) is 37.6 Å². The number of nitrogens with one attached hydrogen (secondary N) is 2. The van der Waals surface area contributed by atoms with E-state index in [1.165, 1.54) is 32.1 Å². The molecule has 3 heterocycles. The highest BCUT2D eigenvalue weighted by Crippen LogP contribution is 2.32. The van der Waals surface area contributed by atoms with Crippen molar-refractivity contribution in [1.82, 2.24) is 30.3 Å². The van der Waals surface area contributed by atoms with E-state index in [2.05, 4.69) is 51.2 Å². The molecule has 3 rings (SSSR count). The lowest BCUT2D eigenvalue weighted by atomic mass is 9.82. The minimum Gasteiger partial charge on any atom is -0.357 e. The molecule has 2 aliphatic rings. The quantitative estimate of drug-likeness (QED) is 0.375. The second-order valence-corrected chi connectivity index (χ2v) is 7.27. The van der Waals surface area contributed by atoms with Gasteiger partial charge in [-0.15, -0.1) is 34.2 Å². The van der Waals surface area contributed by atoms with Crippen LogP contribution in [-0.2, 0) is 13.0 Å². The fraction of sp³-hybridized carbons (Fsp3) is 0.833. The van der Waals surface area contributed by atoms with Crippen LogP contribution in [0.25, 0.3) is 0 Å². The van der Waals surface area contributed by atoms with E-state index in [-0.39, 0.29) is 24.0 Å². The van der Waals surface area contributed by atoms with E-state index in [1.54, 1.807) is 6.33 Å². The summed E-state index contributed by atoms with van der Waals surface area (Å²) in [7, 11) is 2.30. The van der Waals surface area contributed by atoms with Gasteiger partial charge in [-0.05, 0) is 39.7 Å². The van der Waals surface area contributed by atoms with Gasteiger partial charge in [0.05, 0.1) is 6.54 Å². The summed E-state index contributed by atoms with van der Waals surface area (Å²) in [5.41, 5.74) is 0. The Labute approximate surface area is 174 Å². The van der Waals surface area contributed by atoms with Crippen molar-refractivity contribution in [2.45, 2.75) is 77.0 Å². The number of halogens is 1. The van der Waals surface area contributed by atoms with Gasteiger partial charge in [0.2, 0.25) is 0 Å². The molecule has 0 aromatic carbocycles. The summed E-state index contributed by atoms with van der Waals surface area (Å²) in [5, 5.41) is 15.2. The Bertz CT molecular complexity index is 560. The van der Waals surface area contributed by atoms with Crippen molar-refractivity contribution in [3.05, 3.63) is 12.2 Å². The summed E-state index contributed by atoms with van der Waals surface area (Å²) in [4.78, 5) is 7.38. The van der Waals surface area contributed by atoms with Gasteiger partial charge in [-0.1, -0.05) is 13.3 Å². The summed E-state index contributed by atoms with van der Waals surface area (Å²) in [6.45, 7) is 6.67. The standard InChI is InChI=1S/C18H33N7.HI/c1-4-17-23-21-13-25(17)10-9-20-18(19-5-2)22-14-11-15-7-6-8-16(12-14)24(15)3;/h13-16H,4-12H2,1-3H3,(H2,19,20,22);1H. The Morgan fingerprint density at radius 2 is 2.00 bits per heavy atom. The summed E-state index contributed by atoms with van der Waals surface area (Å²) in [6.07, 6.45) is 9.22. The van der Waals surface area contributed by atoms with Gasteiger partial charge in [0.15, 0.2) is 5.96 Å². The van der Waals surface area contributed by atoms with Crippen LogP contribution in [0.15, 0.2) is 11.3 Å². The number of guanidine groups is 1. The molecule has 148 valence electrons. The lowest BCUT2D eigenvalue weighted by Gasteiger charge is -2.47. The fourth-order valence-corrected chi connectivity index (χ4v) is 4.26. The maximum Gasteiger partial charge on any atom is 0.191 e. The third-order valence-corrected chi connectivity index (χ3v) is 5.65. The van der Waals surface area contributed by atoms with Crippen molar-refractivity contribution < 1.29 is 0 Å². The van der Waals surface area contributed by atoms with Crippen LogP contribution in [0.4, 0.5) is 0 Å². The van der Waals surface area contributed by atoms with Gasteiger partial charge >= 0.3 is 0 Å². The first-order valence-electron chi connectivity index (χ1n) is 9.84. The normalized spacial score (nSPS) is 26.3. The molecule has 2 bridgehead atoms. The predicted octanol–water partition coefficient (Wildman–Crippen LogP) is 2.03. The Hall–Kier alpha value is -0.900. The Morgan fingerprint density at radius 3 is 2.65 bits per heavy atom. The first-order chi connectivity index (χ1) is 12.2. The number of nitrogens with zero attached hydrogens (tertiary/aromatic N) is 5. The molecule has 0 amide bonds. The molecular formula is C18H34IN7. The zero-order valence-electron chi connectivity index (χ0n) is 16.3. The summed E-state index contributed by atoms with van der Waals surface area (Å²) >= 11 is 0. The Morgan fingerprint density at radius 1 is 1.27 bits per heavy atom. The molecule has 2 N–H and O–H groups in total. The molecule has 26 heavy (non-hydrogen) atoms. The van der Waals surface area contributed by atoms with Crippen LogP contribution in [0.2, 0.25) is 0 Å². The van der Waals surface area contributed by atoms with E-state index < -0.39 is 0 Å². The smallest absolute Gasteiger partial charge is 0.191 e. The van der Waals surface area contributed by atoms with Gasteiger partial charge in [-0.2, -0.15) is 0 Å². The van der Waals surface area contributed by atoms with E-state index in [0.29, 0.717) is 6.04 Å². The monoisotopic (exact) mass is 475 g/mol. The minimum atomic E-state index is 0. The van der Waals surface area contributed by atoms with Crippen molar-refractivity contribution in [2.24, 2.45) is 4.99 Å². The molecule has 2 saturated heterocycles. The van der Waals surface area contributed by atoms with Crippen LogP contribution in [0.1, 0.15) is 51.8 Å². The maximum absolute atomic E-state index is 4.78. The molecular weight excluding hydrogens is 441 g/mol. The van der Waals surface area contributed by atoms with Crippen molar-refractivity contribution in [2.75, 3.05) is 20.1 Å². The summed E-state index contributed by atoms with van der Waals surface area (Å²) in [6, 6.07) is 2.00. The molecule has 2 atom stereocenters. The first kappa shape index (κ1) is 21.4. The topological polar surface area (TPSA) is 70.4 Å². The van der Waals surface area contributed by atoms with Gasteiger partial charge < -0.3 is 20.1 Å². The third kappa shape index (κ3) is 5.31. The van der Waals surface area contributed by atoms with Crippen molar-refractivity contribution in [3.63, 3.8) is 0 Å². The highest BCUT2D eigenvalue weighted by Gasteiger charge is 2.36. The number of rotatable bonds is 6. The lowest BCUT2D eigenvalue weighted by Crippen LogP contribution is -2.56. The molecule has 1 aromatic heterocycles. The van der Waals surface area contributed by atoms with Crippen molar-refractivity contribution >= 4 is 29.9 Å². The zero-order chi connectivity index (χ0) is 17.6. The number of hydrogen-bond donors (Lipinski definition) is 2. The molecule has 0 aliphatic carbocycles. The van der Waals surface area contributed by atoms with Crippen LogP contribution >= 0.6 is 24.0 Å². The lowest BCUT2D eigenvalue weighted by molar-refractivity contribution is 0.0526. The largest absolute Gasteiger partial charge is 0.357 e. The number of hydrogen-bond acceptors (Lipinski definition) is 4. The van der Waals surface area contributed by atoms with E-state index in [9.17, 15) is 0 Å². The van der Waals surface area contributed by atoms with Crippen LogP contribution < -0.4 is 10.6 Å². The number of aromatic nitrogens is 3. The SMILES string of the molecule is CCNC(=NCCn1cnnc1CC)NC1CC2CCCC(C1)N2C.I. The predicted molar refractivity (Wildman–Crippen MR) is 116 cm³/mol. The third-order valence-electron chi connectivity index (χ3n) is 5.65. The minimum absolute atomic E-state index is 0. The van der Waals surface area contributed by atoms with Gasteiger partial charge in [-0.3, -0.25) is 4.99 Å². The second-order valence-electron chi connectivity index (χ2n) is 7.27.